The Morgan fingerprint density at radius 3 is 2.86 bits per heavy atom. The van der Waals surface area contributed by atoms with Gasteiger partial charge in [-0.15, -0.1) is 24.0 Å². The van der Waals surface area contributed by atoms with Crippen molar-refractivity contribution < 1.29 is 13.9 Å². The van der Waals surface area contributed by atoms with Crippen LogP contribution in [-0.2, 0) is 17.7 Å². The second-order valence-electron chi connectivity index (χ2n) is 6.57. The summed E-state index contributed by atoms with van der Waals surface area (Å²) in [5.41, 5.74) is 1.08. The standard InChI is InChI=1S/C21H29N3O3.HI/c1-2-26-20-8-4-3-6-18(20)15-24-21(23-14-17-10-13-25-16-17)22-11-9-19-7-5-12-27-19;/h3-8,12,17H,2,9-11,13-16H2,1H3,(H2,22,23,24);1H. The monoisotopic (exact) mass is 499 g/mol. The average Bonchev–Trinajstić information content (AvgIpc) is 3.39. The number of para-hydroxylation sites is 1. The highest BCUT2D eigenvalue weighted by atomic mass is 127. The van der Waals surface area contributed by atoms with Crippen LogP contribution in [0.1, 0.15) is 24.7 Å². The van der Waals surface area contributed by atoms with Gasteiger partial charge in [0.2, 0.25) is 0 Å². The van der Waals surface area contributed by atoms with E-state index in [9.17, 15) is 0 Å². The number of guanidine groups is 1. The molecule has 1 aromatic carbocycles. The third kappa shape index (κ3) is 7.35. The Morgan fingerprint density at radius 1 is 1.21 bits per heavy atom. The largest absolute Gasteiger partial charge is 0.494 e. The van der Waals surface area contributed by atoms with Gasteiger partial charge in [0, 0.05) is 37.6 Å². The van der Waals surface area contributed by atoms with Crippen molar-refractivity contribution in [3.8, 4) is 5.75 Å². The fourth-order valence-corrected chi connectivity index (χ4v) is 3.01. The van der Waals surface area contributed by atoms with Crippen molar-refractivity contribution in [2.24, 2.45) is 10.9 Å². The van der Waals surface area contributed by atoms with Crippen LogP contribution in [0.5, 0.6) is 5.75 Å². The zero-order chi connectivity index (χ0) is 18.7. The van der Waals surface area contributed by atoms with E-state index in [2.05, 4.69) is 16.7 Å². The molecule has 1 atom stereocenters. The molecule has 1 aromatic heterocycles. The molecule has 154 valence electrons. The molecule has 2 aromatic rings. The van der Waals surface area contributed by atoms with E-state index in [-0.39, 0.29) is 24.0 Å². The molecule has 1 unspecified atom stereocenters. The summed E-state index contributed by atoms with van der Waals surface area (Å²) in [6.45, 7) is 6.49. The van der Waals surface area contributed by atoms with Crippen LogP contribution in [0.4, 0.5) is 0 Å². The topological polar surface area (TPSA) is 68.0 Å². The average molecular weight is 499 g/mol. The van der Waals surface area contributed by atoms with E-state index < -0.39 is 0 Å². The first-order valence-corrected chi connectivity index (χ1v) is 9.68. The van der Waals surface area contributed by atoms with Crippen molar-refractivity contribution in [1.29, 1.82) is 0 Å². The van der Waals surface area contributed by atoms with Gasteiger partial charge in [0.15, 0.2) is 5.96 Å². The van der Waals surface area contributed by atoms with Crippen molar-refractivity contribution in [3.63, 3.8) is 0 Å². The minimum Gasteiger partial charge on any atom is -0.494 e. The van der Waals surface area contributed by atoms with Crippen LogP contribution in [0.15, 0.2) is 52.1 Å². The van der Waals surface area contributed by atoms with Crippen LogP contribution in [0.2, 0.25) is 0 Å². The molecule has 0 aliphatic carbocycles. The molecule has 0 saturated carbocycles. The van der Waals surface area contributed by atoms with Crippen LogP contribution in [0.25, 0.3) is 0 Å². The number of rotatable bonds is 9. The third-order valence-corrected chi connectivity index (χ3v) is 4.51. The lowest BCUT2D eigenvalue weighted by Crippen LogP contribution is -2.40. The molecule has 28 heavy (non-hydrogen) atoms. The van der Waals surface area contributed by atoms with Crippen molar-refractivity contribution in [2.75, 3.05) is 32.9 Å². The SMILES string of the molecule is CCOc1ccccc1CN=C(NCCc1ccco1)NCC1CCOC1.I. The summed E-state index contributed by atoms with van der Waals surface area (Å²) in [5, 5.41) is 6.85. The summed E-state index contributed by atoms with van der Waals surface area (Å²) in [6.07, 6.45) is 3.61. The highest BCUT2D eigenvalue weighted by Crippen LogP contribution is 2.18. The molecule has 7 heteroatoms. The molecule has 2 N–H and O–H groups in total. The fraction of sp³-hybridized carbons (Fsp3) is 0.476. The molecule has 3 rings (SSSR count). The summed E-state index contributed by atoms with van der Waals surface area (Å²) >= 11 is 0. The lowest BCUT2D eigenvalue weighted by atomic mass is 10.1. The van der Waals surface area contributed by atoms with Gasteiger partial charge in [-0.25, -0.2) is 4.99 Å². The van der Waals surface area contributed by atoms with Crippen molar-refractivity contribution in [2.45, 2.75) is 26.3 Å². The zero-order valence-electron chi connectivity index (χ0n) is 16.4. The van der Waals surface area contributed by atoms with Gasteiger partial charge < -0.3 is 24.5 Å². The summed E-state index contributed by atoms with van der Waals surface area (Å²) in [6, 6.07) is 11.9. The summed E-state index contributed by atoms with van der Waals surface area (Å²) < 4.78 is 16.6. The maximum Gasteiger partial charge on any atom is 0.191 e. The smallest absolute Gasteiger partial charge is 0.191 e. The van der Waals surface area contributed by atoms with Gasteiger partial charge in [0.25, 0.3) is 0 Å². The van der Waals surface area contributed by atoms with Crippen LogP contribution in [-0.4, -0.2) is 38.9 Å². The minimum absolute atomic E-state index is 0. The highest BCUT2D eigenvalue weighted by molar-refractivity contribution is 14.0. The first kappa shape index (κ1) is 22.5. The fourth-order valence-electron chi connectivity index (χ4n) is 3.01. The number of ether oxygens (including phenoxy) is 2. The van der Waals surface area contributed by atoms with Crippen molar-refractivity contribution in [1.82, 2.24) is 10.6 Å². The molecule has 1 fully saturated rings. The van der Waals surface area contributed by atoms with E-state index in [1.165, 1.54) is 0 Å². The van der Waals surface area contributed by atoms with Crippen molar-refractivity contribution >= 4 is 29.9 Å². The lowest BCUT2D eigenvalue weighted by molar-refractivity contribution is 0.186. The Bertz CT molecular complexity index is 701. The molecule has 0 spiro atoms. The summed E-state index contributed by atoms with van der Waals surface area (Å²) in [7, 11) is 0. The van der Waals surface area contributed by atoms with Crippen LogP contribution < -0.4 is 15.4 Å². The molecule has 0 bridgehead atoms. The van der Waals surface area contributed by atoms with Crippen LogP contribution in [0.3, 0.4) is 0 Å². The molecular formula is C21H30IN3O3. The minimum atomic E-state index is 0. The summed E-state index contributed by atoms with van der Waals surface area (Å²) in [5.74, 6) is 3.20. The Hall–Kier alpha value is -1.74. The maximum absolute atomic E-state index is 5.70. The molecule has 6 nitrogen and oxygen atoms in total. The van der Waals surface area contributed by atoms with Gasteiger partial charge in [0.05, 0.1) is 26.0 Å². The zero-order valence-corrected chi connectivity index (χ0v) is 18.7. The van der Waals surface area contributed by atoms with Gasteiger partial charge in [-0.2, -0.15) is 0 Å². The second kappa shape index (κ2) is 12.7. The number of hydrogen-bond acceptors (Lipinski definition) is 4. The van der Waals surface area contributed by atoms with Gasteiger partial charge >= 0.3 is 0 Å². The van der Waals surface area contributed by atoms with Crippen LogP contribution in [0, 0.1) is 5.92 Å². The molecule has 1 aliphatic heterocycles. The highest BCUT2D eigenvalue weighted by Gasteiger charge is 2.15. The normalized spacial score (nSPS) is 16.5. The summed E-state index contributed by atoms with van der Waals surface area (Å²) in [4.78, 5) is 4.76. The number of nitrogens with one attached hydrogen (secondary N) is 2. The van der Waals surface area contributed by atoms with Gasteiger partial charge in [-0.1, -0.05) is 18.2 Å². The maximum atomic E-state index is 5.70. The predicted molar refractivity (Wildman–Crippen MR) is 122 cm³/mol. The Morgan fingerprint density at radius 2 is 2.11 bits per heavy atom. The van der Waals surface area contributed by atoms with E-state index in [1.807, 2.05) is 37.3 Å². The number of furan rings is 1. The molecule has 1 aliphatic rings. The Balaban J connectivity index is 0.00000280. The van der Waals surface area contributed by atoms with Crippen molar-refractivity contribution in [3.05, 3.63) is 54.0 Å². The van der Waals surface area contributed by atoms with E-state index in [0.717, 1.165) is 62.2 Å². The van der Waals surface area contributed by atoms with Gasteiger partial charge in [-0.3, -0.25) is 0 Å². The quantitative estimate of drug-likeness (QED) is 0.314. The molecular weight excluding hydrogens is 469 g/mol. The second-order valence-corrected chi connectivity index (χ2v) is 6.57. The molecule has 0 radical (unpaired) electrons. The van der Waals surface area contributed by atoms with Gasteiger partial charge in [0.1, 0.15) is 11.5 Å². The van der Waals surface area contributed by atoms with E-state index in [1.54, 1.807) is 6.26 Å². The number of hydrogen-bond donors (Lipinski definition) is 2. The number of halogens is 1. The predicted octanol–water partition coefficient (Wildman–Crippen LogP) is 3.61. The Kier molecular flexibility index (Phi) is 10.2. The first-order valence-electron chi connectivity index (χ1n) is 9.68. The molecule has 1 saturated heterocycles. The van der Waals surface area contributed by atoms with Gasteiger partial charge in [-0.05, 0) is 31.5 Å². The molecule has 0 amide bonds. The van der Waals surface area contributed by atoms with Crippen LogP contribution >= 0.6 is 24.0 Å². The number of benzene rings is 1. The lowest BCUT2D eigenvalue weighted by Gasteiger charge is -2.15. The Labute approximate surface area is 184 Å². The van der Waals surface area contributed by atoms with E-state index in [4.69, 9.17) is 18.9 Å². The third-order valence-electron chi connectivity index (χ3n) is 4.51. The van der Waals surface area contributed by atoms with E-state index >= 15 is 0 Å². The van der Waals surface area contributed by atoms with E-state index in [0.29, 0.717) is 19.1 Å². The molecule has 2 heterocycles. The number of aliphatic imine (C=N–C) groups is 1. The number of nitrogens with zero attached hydrogens (tertiary/aromatic N) is 1. The first-order chi connectivity index (χ1) is 13.3.